The molecule has 2 aromatic carbocycles. The highest BCUT2D eigenvalue weighted by Gasteiger charge is 2.09. The van der Waals surface area contributed by atoms with Gasteiger partial charge in [0.25, 0.3) is 5.56 Å². The Morgan fingerprint density at radius 2 is 1.81 bits per heavy atom. The monoisotopic (exact) mass is 278 g/mol. The van der Waals surface area contributed by atoms with Crippen LogP contribution < -0.4 is 5.56 Å². The van der Waals surface area contributed by atoms with E-state index in [-0.39, 0.29) is 16.9 Å². The summed E-state index contributed by atoms with van der Waals surface area (Å²) in [6.45, 7) is 0.301. The number of hydrogen-bond donors (Lipinski definition) is 0. The zero-order chi connectivity index (χ0) is 14.8. The number of benzene rings is 2. The van der Waals surface area contributed by atoms with Gasteiger partial charge >= 0.3 is 0 Å². The van der Waals surface area contributed by atoms with Crippen molar-refractivity contribution in [3.8, 4) is 6.07 Å². The van der Waals surface area contributed by atoms with Crippen molar-refractivity contribution in [2.45, 2.75) is 6.54 Å². The lowest BCUT2D eigenvalue weighted by Gasteiger charge is -2.11. The molecule has 0 aliphatic rings. The maximum atomic E-state index is 13.0. The summed E-state index contributed by atoms with van der Waals surface area (Å²) in [5.41, 5.74) is 1.33. The minimum atomic E-state index is -0.333. The molecule has 0 amide bonds. The first kappa shape index (κ1) is 13.1. The van der Waals surface area contributed by atoms with E-state index in [0.717, 1.165) is 16.5 Å². The fraction of sp³-hybridized carbons (Fsp3) is 0.0588. The molecule has 0 aliphatic heterocycles. The molecule has 3 rings (SSSR count). The molecule has 1 aromatic heterocycles. The van der Waals surface area contributed by atoms with E-state index in [1.807, 2.05) is 30.3 Å². The van der Waals surface area contributed by atoms with Gasteiger partial charge in [0.2, 0.25) is 0 Å². The van der Waals surface area contributed by atoms with Gasteiger partial charge in [-0.05, 0) is 35.2 Å². The second-order valence-corrected chi connectivity index (χ2v) is 4.75. The molecule has 21 heavy (non-hydrogen) atoms. The smallest absolute Gasteiger partial charge is 0.269 e. The minimum absolute atomic E-state index is 0.107. The topological polar surface area (TPSA) is 45.8 Å². The molecule has 102 valence electrons. The van der Waals surface area contributed by atoms with Gasteiger partial charge in [-0.1, -0.05) is 30.3 Å². The summed E-state index contributed by atoms with van der Waals surface area (Å²) < 4.78 is 14.5. The van der Waals surface area contributed by atoms with Gasteiger partial charge in [-0.25, -0.2) is 4.39 Å². The lowest BCUT2D eigenvalue weighted by molar-refractivity contribution is 0.626. The Balaban J connectivity index is 2.21. The SMILES string of the molecule is N#Cc1cc2ccccc2n(Cc2ccc(F)cc2)c1=O. The van der Waals surface area contributed by atoms with E-state index in [1.54, 1.807) is 22.8 Å². The molecule has 0 fully saturated rings. The Hall–Kier alpha value is -2.93. The molecule has 0 aliphatic carbocycles. The number of halogens is 1. The molecule has 0 N–H and O–H groups in total. The molecule has 0 saturated heterocycles. The lowest BCUT2D eigenvalue weighted by Crippen LogP contribution is -2.23. The van der Waals surface area contributed by atoms with Crippen LogP contribution in [0, 0.1) is 17.1 Å². The van der Waals surface area contributed by atoms with Crippen molar-refractivity contribution in [2.24, 2.45) is 0 Å². The highest BCUT2D eigenvalue weighted by Crippen LogP contribution is 2.15. The Bertz CT molecular complexity index is 905. The van der Waals surface area contributed by atoms with Gasteiger partial charge in [0.05, 0.1) is 12.1 Å². The summed E-state index contributed by atoms with van der Waals surface area (Å²) in [6.07, 6.45) is 0. The molecule has 0 unspecified atom stereocenters. The Morgan fingerprint density at radius 3 is 2.52 bits per heavy atom. The predicted octanol–water partition coefficient (Wildman–Crippen LogP) is 3.06. The van der Waals surface area contributed by atoms with Gasteiger partial charge in [-0.2, -0.15) is 5.26 Å². The number of rotatable bonds is 2. The van der Waals surface area contributed by atoms with Crippen LogP contribution in [0.15, 0.2) is 59.4 Å². The Morgan fingerprint density at radius 1 is 1.10 bits per heavy atom. The van der Waals surface area contributed by atoms with Crippen molar-refractivity contribution in [3.05, 3.63) is 81.9 Å². The zero-order valence-electron chi connectivity index (χ0n) is 11.1. The fourth-order valence-corrected chi connectivity index (χ4v) is 2.34. The van der Waals surface area contributed by atoms with Gasteiger partial charge in [0.15, 0.2) is 0 Å². The first-order valence-corrected chi connectivity index (χ1v) is 6.46. The van der Waals surface area contributed by atoms with Gasteiger partial charge in [-0.15, -0.1) is 0 Å². The Kier molecular flexibility index (Phi) is 3.25. The normalized spacial score (nSPS) is 10.5. The summed E-state index contributed by atoms with van der Waals surface area (Å²) in [4.78, 5) is 12.4. The maximum absolute atomic E-state index is 13.0. The highest BCUT2D eigenvalue weighted by molar-refractivity contribution is 5.80. The first-order chi connectivity index (χ1) is 10.2. The number of hydrogen-bond acceptors (Lipinski definition) is 2. The maximum Gasteiger partial charge on any atom is 0.269 e. The predicted molar refractivity (Wildman–Crippen MR) is 78.4 cm³/mol. The van der Waals surface area contributed by atoms with E-state index in [0.29, 0.717) is 6.54 Å². The standard InChI is InChI=1S/C17H11FN2O/c18-15-7-5-12(6-8-15)11-20-16-4-2-1-3-13(16)9-14(10-19)17(20)21/h1-9H,11H2. The minimum Gasteiger partial charge on any atom is -0.303 e. The van der Waals surface area contributed by atoms with Crippen molar-refractivity contribution in [1.82, 2.24) is 4.57 Å². The van der Waals surface area contributed by atoms with Crippen molar-refractivity contribution in [2.75, 3.05) is 0 Å². The molecule has 4 heteroatoms. The van der Waals surface area contributed by atoms with Gasteiger partial charge < -0.3 is 4.57 Å². The van der Waals surface area contributed by atoms with Crippen molar-refractivity contribution < 1.29 is 4.39 Å². The molecule has 0 saturated carbocycles. The summed E-state index contributed by atoms with van der Waals surface area (Å²) >= 11 is 0. The van der Waals surface area contributed by atoms with E-state index in [9.17, 15) is 9.18 Å². The van der Waals surface area contributed by atoms with Crippen LogP contribution in [0.3, 0.4) is 0 Å². The number of para-hydroxylation sites is 1. The van der Waals surface area contributed by atoms with Crippen LogP contribution in [0.25, 0.3) is 10.9 Å². The molecule has 0 radical (unpaired) electrons. The largest absolute Gasteiger partial charge is 0.303 e. The van der Waals surface area contributed by atoms with Gasteiger partial charge in [0.1, 0.15) is 17.4 Å². The van der Waals surface area contributed by atoms with Gasteiger partial charge in [0, 0.05) is 0 Å². The molecule has 3 aromatic rings. The molecule has 0 bridgehead atoms. The van der Waals surface area contributed by atoms with Crippen molar-refractivity contribution in [3.63, 3.8) is 0 Å². The van der Waals surface area contributed by atoms with Crippen LogP contribution in [-0.2, 0) is 6.54 Å². The number of aromatic nitrogens is 1. The van der Waals surface area contributed by atoms with Gasteiger partial charge in [-0.3, -0.25) is 4.79 Å². The average Bonchev–Trinajstić information content (AvgIpc) is 2.51. The average molecular weight is 278 g/mol. The quantitative estimate of drug-likeness (QED) is 0.723. The molecule has 3 nitrogen and oxygen atoms in total. The summed E-state index contributed by atoms with van der Waals surface area (Å²) in [6, 6.07) is 16.9. The fourth-order valence-electron chi connectivity index (χ4n) is 2.34. The van der Waals surface area contributed by atoms with E-state index < -0.39 is 0 Å². The van der Waals surface area contributed by atoms with Crippen LogP contribution in [0.2, 0.25) is 0 Å². The first-order valence-electron chi connectivity index (χ1n) is 6.46. The summed E-state index contributed by atoms with van der Waals surface area (Å²) in [7, 11) is 0. The van der Waals surface area contributed by atoms with E-state index >= 15 is 0 Å². The van der Waals surface area contributed by atoms with Crippen LogP contribution in [0.5, 0.6) is 0 Å². The van der Waals surface area contributed by atoms with Crippen LogP contribution in [-0.4, -0.2) is 4.57 Å². The molecular formula is C17H11FN2O. The van der Waals surface area contributed by atoms with E-state index in [1.165, 1.54) is 12.1 Å². The van der Waals surface area contributed by atoms with Crippen molar-refractivity contribution in [1.29, 1.82) is 5.26 Å². The summed E-state index contributed by atoms with van der Waals surface area (Å²) in [5.74, 6) is -0.318. The zero-order valence-corrected chi connectivity index (χ0v) is 11.1. The number of nitriles is 1. The molecular weight excluding hydrogens is 267 g/mol. The third-order valence-corrected chi connectivity index (χ3v) is 3.38. The second kappa shape index (κ2) is 5.22. The van der Waals surface area contributed by atoms with Crippen LogP contribution in [0.4, 0.5) is 4.39 Å². The summed E-state index contributed by atoms with van der Waals surface area (Å²) in [5, 5.41) is 9.92. The number of nitrogens with zero attached hydrogens (tertiary/aromatic N) is 2. The Labute approximate surface area is 120 Å². The van der Waals surface area contributed by atoms with E-state index in [2.05, 4.69) is 0 Å². The van der Waals surface area contributed by atoms with E-state index in [4.69, 9.17) is 5.26 Å². The second-order valence-electron chi connectivity index (χ2n) is 4.75. The number of pyridine rings is 1. The van der Waals surface area contributed by atoms with Crippen LogP contribution >= 0.6 is 0 Å². The molecule has 0 atom stereocenters. The van der Waals surface area contributed by atoms with Crippen molar-refractivity contribution >= 4 is 10.9 Å². The third-order valence-electron chi connectivity index (χ3n) is 3.38. The molecule has 0 spiro atoms. The molecule has 1 heterocycles. The lowest BCUT2D eigenvalue weighted by atomic mass is 10.1. The number of fused-ring (bicyclic) bond motifs is 1. The highest BCUT2D eigenvalue weighted by atomic mass is 19.1. The third kappa shape index (κ3) is 2.41. The van der Waals surface area contributed by atoms with Crippen LogP contribution in [0.1, 0.15) is 11.1 Å².